The van der Waals surface area contributed by atoms with Gasteiger partial charge in [-0.25, -0.2) is 4.79 Å². The van der Waals surface area contributed by atoms with Gasteiger partial charge in [-0.2, -0.15) is 0 Å². The van der Waals surface area contributed by atoms with E-state index in [0.717, 1.165) is 5.56 Å². The standard InChI is InChI=1S/C16H20N2O4/c1-10(14(20)22-3)17-15(21)16(18-11(2)19)9-13(16)12-7-5-4-6-8-12/h4-8,10,13H,9H2,1-3H3,(H,17,21)(H,18,19)/t10-,13-,16?/m0/s1. The van der Waals surface area contributed by atoms with E-state index in [0.29, 0.717) is 6.42 Å². The van der Waals surface area contributed by atoms with E-state index >= 15 is 0 Å². The third-order valence-corrected chi connectivity index (χ3v) is 3.87. The van der Waals surface area contributed by atoms with Crippen molar-refractivity contribution >= 4 is 17.8 Å². The SMILES string of the molecule is COC(=O)[C@H](C)NC(=O)C1(NC(C)=O)C[C@H]1c1ccccc1. The van der Waals surface area contributed by atoms with Crippen molar-refractivity contribution in [2.24, 2.45) is 0 Å². The van der Waals surface area contributed by atoms with Gasteiger partial charge in [-0.05, 0) is 18.9 Å². The highest BCUT2D eigenvalue weighted by atomic mass is 16.5. The van der Waals surface area contributed by atoms with Crippen LogP contribution in [0.25, 0.3) is 0 Å². The second kappa shape index (κ2) is 6.17. The Hall–Kier alpha value is -2.37. The molecule has 2 amide bonds. The highest BCUT2D eigenvalue weighted by molar-refractivity contribution is 5.97. The van der Waals surface area contributed by atoms with E-state index in [2.05, 4.69) is 15.4 Å². The number of rotatable bonds is 5. The highest BCUT2D eigenvalue weighted by Gasteiger charge is 2.61. The molecule has 1 aromatic rings. The fraction of sp³-hybridized carbons (Fsp3) is 0.438. The Morgan fingerprint density at radius 2 is 1.91 bits per heavy atom. The fourth-order valence-electron chi connectivity index (χ4n) is 2.67. The quantitative estimate of drug-likeness (QED) is 0.785. The normalized spacial score (nSPS) is 24.0. The minimum absolute atomic E-state index is 0.0950. The third kappa shape index (κ3) is 3.10. The lowest BCUT2D eigenvalue weighted by molar-refractivity contribution is -0.145. The highest BCUT2D eigenvalue weighted by Crippen LogP contribution is 2.51. The minimum Gasteiger partial charge on any atom is -0.467 e. The summed E-state index contributed by atoms with van der Waals surface area (Å²) in [6, 6.07) is 8.75. The van der Waals surface area contributed by atoms with E-state index in [9.17, 15) is 14.4 Å². The molecule has 0 radical (unpaired) electrons. The number of hydrogen-bond donors (Lipinski definition) is 2. The molecule has 1 unspecified atom stereocenters. The minimum atomic E-state index is -0.991. The first-order chi connectivity index (χ1) is 10.4. The van der Waals surface area contributed by atoms with E-state index in [1.807, 2.05) is 30.3 Å². The molecule has 22 heavy (non-hydrogen) atoms. The zero-order chi connectivity index (χ0) is 16.3. The Labute approximate surface area is 129 Å². The summed E-state index contributed by atoms with van der Waals surface area (Å²) in [7, 11) is 1.26. The molecule has 0 bridgehead atoms. The topological polar surface area (TPSA) is 84.5 Å². The second-order valence-electron chi connectivity index (χ2n) is 5.54. The van der Waals surface area contributed by atoms with Gasteiger partial charge in [0, 0.05) is 12.8 Å². The van der Waals surface area contributed by atoms with Crippen LogP contribution in [-0.2, 0) is 19.1 Å². The van der Waals surface area contributed by atoms with E-state index in [4.69, 9.17) is 0 Å². The van der Waals surface area contributed by atoms with Crippen molar-refractivity contribution in [3.05, 3.63) is 35.9 Å². The van der Waals surface area contributed by atoms with Crippen LogP contribution in [0.3, 0.4) is 0 Å². The second-order valence-corrected chi connectivity index (χ2v) is 5.54. The summed E-state index contributed by atoms with van der Waals surface area (Å²) in [6.07, 6.45) is 0.510. The van der Waals surface area contributed by atoms with Crippen LogP contribution in [0.5, 0.6) is 0 Å². The maximum absolute atomic E-state index is 12.5. The number of carbonyl (C=O) groups is 3. The van der Waals surface area contributed by atoms with Crippen LogP contribution in [0, 0.1) is 0 Å². The average Bonchev–Trinajstić information content (AvgIpc) is 3.22. The average molecular weight is 304 g/mol. The van der Waals surface area contributed by atoms with E-state index < -0.39 is 17.6 Å². The predicted molar refractivity (Wildman–Crippen MR) is 80.0 cm³/mol. The van der Waals surface area contributed by atoms with Crippen LogP contribution < -0.4 is 10.6 Å². The smallest absolute Gasteiger partial charge is 0.328 e. The van der Waals surface area contributed by atoms with Gasteiger partial charge in [-0.1, -0.05) is 30.3 Å². The van der Waals surface area contributed by atoms with Crippen molar-refractivity contribution in [2.45, 2.75) is 37.8 Å². The van der Waals surface area contributed by atoms with Crippen LogP contribution in [0.15, 0.2) is 30.3 Å². The fourth-order valence-corrected chi connectivity index (χ4v) is 2.67. The summed E-state index contributed by atoms with van der Waals surface area (Å²) < 4.78 is 4.60. The molecule has 1 aromatic carbocycles. The Balaban J connectivity index is 2.16. The molecule has 1 aliphatic carbocycles. The molecule has 0 saturated heterocycles. The van der Waals surface area contributed by atoms with E-state index in [-0.39, 0.29) is 17.7 Å². The molecule has 0 aromatic heterocycles. The Morgan fingerprint density at radius 3 is 2.45 bits per heavy atom. The van der Waals surface area contributed by atoms with Crippen molar-refractivity contribution in [2.75, 3.05) is 7.11 Å². The molecule has 0 heterocycles. The molecule has 118 valence electrons. The molecule has 1 fully saturated rings. The molecule has 1 saturated carbocycles. The van der Waals surface area contributed by atoms with Crippen LogP contribution in [-0.4, -0.2) is 36.5 Å². The number of benzene rings is 1. The molecule has 2 rings (SSSR count). The molecular weight excluding hydrogens is 284 g/mol. The number of amides is 2. The lowest BCUT2D eigenvalue weighted by Crippen LogP contribution is -2.53. The molecule has 0 spiro atoms. The van der Waals surface area contributed by atoms with Crippen molar-refractivity contribution in [3.63, 3.8) is 0 Å². The van der Waals surface area contributed by atoms with Crippen molar-refractivity contribution in [1.82, 2.24) is 10.6 Å². The third-order valence-electron chi connectivity index (χ3n) is 3.87. The number of methoxy groups -OCH3 is 1. The molecule has 3 atom stereocenters. The van der Waals surface area contributed by atoms with Crippen LogP contribution >= 0.6 is 0 Å². The Morgan fingerprint density at radius 1 is 1.27 bits per heavy atom. The lowest BCUT2D eigenvalue weighted by atomic mass is 10.0. The van der Waals surface area contributed by atoms with Crippen LogP contribution in [0.2, 0.25) is 0 Å². The Kier molecular flexibility index (Phi) is 4.49. The summed E-state index contributed by atoms with van der Waals surface area (Å²) in [5.41, 5.74) is -0.00716. The summed E-state index contributed by atoms with van der Waals surface area (Å²) in [5, 5.41) is 5.35. The molecule has 1 aliphatic rings. The van der Waals surface area contributed by atoms with Gasteiger partial charge in [0.1, 0.15) is 11.6 Å². The lowest BCUT2D eigenvalue weighted by Gasteiger charge is -2.20. The first kappa shape index (κ1) is 16.0. The zero-order valence-corrected chi connectivity index (χ0v) is 12.9. The van der Waals surface area contributed by atoms with Crippen molar-refractivity contribution < 1.29 is 19.1 Å². The maximum Gasteiger partial charge on any atom is 0.328 e. The molecule has 0 aliphatic heterocycles. The van der Waals surface area contributed by atoms with Crippen molar-refractivity contribution in [1.29, 1.82) is 0 Å². The zero-order valence-electron chi connectivity index (χ0n) is 12.9. The molecular formula is C16H20N2O4. The van der Waals surface area contributed by atoms with Gasteiger partial charge in [-0.3, -0.25) is 9.59 Å². The van der Waals surface area contributed by atoms with Crippen LogP contribution in [0.4, 0.5) is 0 Å². The monoisotopic (exact) mass is 304 g/mol. The number of carbonyl (C=O) groups excluding carboxylic acids is 3. The predicted octanol–water partition coefficient (Wildman–Crippen LogP) is 0.726. The van der Waals surface area contributed by atoms with E-state index in [1.165, 1.54) is 14.0 Å². The molecule has 6 heteroatoms. The largest absolute Gasteiger partial charge is 0.467 e. The van der Waals surface area contributed by atoms with Gasteiger partial charge in [-0.15, -0.1) is 0 Å². The number of ether oxygens (including phenoxy) is 1. The first-order valence-electron chi connectivity index (χ1n) is 7.13. The van der Waals surface area contributed by atoms with Gasteiger partial charge in [0.25, 0.3) is 0 Å². The first-order valence-corrected chi connectivity index (χ1v) is 7.13. The van der Waals surface area contributed by atoms with Gasteiger partial charge >= 0.3 is 5.97 Å². The summed E-state index contributed by atoms with van der Waals surface area (Å²) >= 11 is 0. The van der Waals surface area contributed by atoms with Gasteiger partial charge < -0.3 is 15.4 Å². The van der Waals surface area contributed by atoms with Gasteiger partial charge in [0.2, 0.25) is 11.8 Å². The maximum atomic E-state index is 12.5. The summed E-state index contributed by atoms with van der Waals surface area (Å²) in [6.45, 7) is 2.92. The van der Waals surface area contributed by atoms with Crippen molar-refractivity contribution in [3.8, 4) is 0 Å². The van der Waals surface area contributed by atoms with E-state index in [1.54, 1.807) is 6.92 Å². The van der Waals surface area contributed by atoms with Crippen LogP contribution in [0.1, 0.15) is 31.7 Å². The summed E-state index contributed by atoms with van der Waals surface area (Å²) in [4.78, 5) is 35.5. The van der Waals surface area contributed by atoms with Gasteiger partial charge in [0.15, 0.2) is 0 Å². The summed E-state index contributed by atoms with van der Waals surface area (Å²) in [5.74, 6) is -1.26. The Bertz CT molecular complexity index is 587. The number of esters is 1. The molecule has 6 nitrogen and oxygen atoms in total. The number of hydrogen-bond acceptors (Lipinski definition) is 4. The molecule has 2 N–H and O–H groups in total. The van der Waals surface area contributed by atoms with Gasteiger partial charge in [0.05, 0.1) is 7.11 Å². The number of nitrogens with one attached hydrogen (secondary N) is 2.